The van der Waals surface area contributed by atoms with E-state index in [0.29, 0.717) is 0 Å². The molecule has 134 valence electrons. The van der Waals surface area contributed by atoms with E-state index in [9.17, 15) is 9.59 Å². The van der Waals surface area contributed by atoms with E-state index in [1.54, 1.807) is 0 Å². The number of rotatable bonds is 3. The number of aromatic amines is 1. The lowest BCUT2D eigenvalue weighted by Gasteiger charge is -2.24. The van der Waals surface area contributed by atoms with Gasteiger partial charge < -0.3 is 15.6 Å². The van der Waals surface area contributed by atoms with E-state index in [4.69, 9.17) is 0 Å². The molecule has 1 aromatic heterocycles. The van der Waals surface area contributed by atoms with Gasteiger partial charge in [-0.2, -0.15) is 0 Å². The predicted molar refractivity (Wildman–Crippen MR) is 98.9 cm³/mol. The monoisotopic (exact) mass is 342 g/mol. The molecule has 2 aliphatic rings. The molecule has 0 spiro atoms. The average molecular weight is 342 g/mol. The first-order chi connectivity index (χ1) is 12.2. The van der Waals surface area contributed by atoms with E-state index in [-0.39, 0.29) is 23.6 Å². The number of fused-ring (bicyclic) bond motifs is 1. The van der Waals surface area contributed by atoms with Gasteiger partial charge in [0.2, 0.25) is 5.91 Å². The highest BCUT2D eigenvalue weighted by Gasteiger charge is 2.22. The fourth-order valence-corrected chi connectivity index (χ4v) is 4.25. The molecule has 1 aliphatic heterocycles. The topological polar surface area (TPSA) is 78.9 Å². The molecule has 2 heterocycles. The zero-order chi connectivity index (χ0) is 17.2. The van der Waals surface area contributed by atoms with Crippen LogP contribution < -0.4 is 16.3 Å². The molecule has 2 fully saturated rings. The Morgan fingerprint density at radius 1 is 1.08 bits per heavy atom. The summed E-state index contributed by atoms with van der Waals surface area (Å²) in [6.07, 6.45) is 7.42. The van der Waals surface area contributed by atoms with Gasteiger partial charge in [-0.25, -0.2) is 4.79 Å². The summed E-state index contributed by atoms with van der Waals surface area (Å²) >= 11 is 0. The van der Waals surface area contributed by atoms with Crippen LogP contribution in [0.15, 0.2) is 23.0 Å². The van der Waals surface area contributed by atoms with Crippen molar-refractivity contribution in [1.82, 2.24) is 14.9 Å². The van der Waals surface area contributed by atoms with Crippen LogP contribution in [0.1, 0.15) is 51.0 Å². The zero-order valence-electron chi connectivity index (χ0n) is 14.5. The van der Waals surface area contributed by atoms with Gasteiger partial charge in [0, 0.05) is 17.6 Å². The number of nitrogens with zero attached hydrogens (tertiary/aromatic N) is 1. The third kappa shape index (κ3) is 3.35. The molecule has 3 N–H and O–H groups in total. The highest BCUT2D eigenvalue weighted by Crippen LogP contribution is 2.27. The normalized spacial score (nSPS) is 20.0. The van der Waals surface area contributed by atoms with Crippen molar-refractivity contribution in [3.05, 3.63) is 28.7 Å². The fourth-order valence-electron chi connectivity index (χ4n) is 4.25. The first kappa shape index (κ1) is 16.4. The number of nitrogens with one attached hydrogen (secondary N) is 3. The molecule has 0 atom stereocenters. The van der Waals surface area contributed by atoms with Gasteiger partial charge in [0.05, 0.1) is 11.0 Å². The van der Waals surface area contributed by atoms with Crippen molar-refractivity contribution in [1.29, 1.82) is 0 Å². The van der Waals surface area contributed by atoms with Gasteiger partial charge in [0.15, 0.2) is 0 Å². The van der Waals surface area contributed by atoms with E-state index in [1.807, 2.05) is 22.8 Å². The number of benzene rings is 1. The summed E-state index contributed by atoms with van der Waals surface area (Å²) < 4.78 is 1.88. The minimum atomic E-state index is -0.0577. The SMILES string of the molecule is O=C(Nc1ccc2c(c1)[nH]c(=O)n2C1CCNCC1)C1CCCCC1. The van der Waals surface area contributed by atoms with Gasteiger partial charge in [-0.3, -0.25) is 9.36 Å². The molecule has 1 amide bonds. The molecule has 0 unspecified atom stereocenters. The summed E-state index contributed by atoms with van der Waals surface area (Å²) in [5.41, 5.74) is 2.43. The number of hydrogen-bond acceptors (Lipinski definition) is 3. The van der Waals surface area contributed by atoms with Gasteiger partial charge in [0.1, 0.15) is 0 Å². The molecule has 6 nitrogen and oxygen atoms in total. The summed E-state index contributed by atoms with van der Waals surface area (Å²) in [5, 5.41) is 6.36. The lowest BCUT2D eigenvalue weighted by atomic mass is 9.88. The Morgan fingerprint density at radius 3 is 2.60 bits per heavy atom. The van der Waals surface area contributed by atoms with E-state index in [0.717, 1.165) is 68.3 Å². The standard InChI is InChI=1S/C19H26N4O2/c24-18(13-4-2-1-3-5-13)21-14-6-7-17-16(12-14)22-19(25)23(17)15-8-10-20-11-9-15/h6-7,12-13,15,20H,1-5,8-11H2,(H,21,24)(H,22,25). The number of anilines is 1. The van der Waals surface area contributed by atoms with Crippen LogP contribution in [-0.2, 0) is 4.79 Å². The van der Waals surface area contributed by atoms with E-state index >= 15 is 0 Å². The first-order valence-corrected chi connectivity index (χ1v) is 9.48. The largest absolute Gasteiger partial charge is 0.326 e. The van der Waals surface area contributed by atoms with Crippen LogP contribution in [-0.4, -0.2) is 28.5 Å². The molecule has 1 aromatic carbocycles. The van der Waals surface area contributed by atoms with Gasteiger partial charge in [-0.15, -0.1) is 0 Å². The molecule has 1 saturated carbocycles. The number of carbonyl (C=O) groups is 1. The minimum Gasteiger partial charge on any atom is -0.326 e. The van der Waals surface area contributed by atoms with Crippen molar-refractivity contribution in [2.45, 2.75) is 51.0 Å². The third-order valence-corrected chi connectivity index (χ3v) is 5.63. The summed E-state index contributed by atoms with van der Waals surface area (Å²) in [6.45, 7) is 1.89. The Bertz CT molecular complexity index is 810. The molecule has 6 heteroatoms. The number of hydrogen-bond donors (Lipinski definition) is 3. The Hall–Kier alpha value is -2.08. The molecule has 4 rings (SSSR count). The van der Waals surface area contributed by atoms with Gasteiger partial charge in [-0.05, 0) is 57.0 Å². The lowest BCUT2D eigenvalue weighted by molar-refractivity contribution is -0.120. The Labute approximate surface area is 147 Å². The van der Waals surface area contributed by atoms with Crippen LogP contribution in [0.3, 0.4) is 0 Å². The summed E-state index contributed by atoms with van der Waals surface area (Å²) in [5.74, 6) is 0.238. The minimum absolute atomic E-state index is 0.0577. The highest BCUT2D eigenvalue weighted by molar-refractivity contribution is 5.94. The number of carbonyl (C=O) groups excluding carboxylic acids is 1. The van der Waals surface area contributed by atoms with Gasteiger partial charge in [-0.1, -0.05) is 19.3 Å². The van der Waals surface area contributed by atoms with E-state index in [1.165, 1.54) is 6.42 Å². The van der Waals surface area contributed by atoms with Crippen LogP contribution >= 0.6 is 0 Å². The van der Waals surface area contributed by atoms with Crippen molar-refractivity contribution in [3.8, 4) is 0 Å². The predicted octanol–water partition coefficient (Wildman–Crippen LogP) is 2.77. The number of piperidine rings is 1. The number of aromatic nitrogens is 2. The van der Waals surface area contributed by atoms with Gasteiger partial charge in [0.25, 0.3) is 0 Å². The summed E-state index contributed by atoms with van der Waals surface area (Å²) in [6, 6.07) is 5.99. The Kier molecular flexibility index (Phi) is 4.61. The summed E-state index contributed by atoms with van der Waals surface area (Å²) in [4.78, 5) is 27.8. The fraction of sp³-hybridized carbons (Fsp3) is 0.579. The van der Waals surface area contributed by atoms with Crippen LogP contribution in [0.25, 0.3) is 11.0 Å². The summed E-state index contributed by atoms with van der Waals surface area (Å²) in [7, 11) is 0. The van der Waals surface area contributed by atoms with Crippen molar-refractivity contribution >= 4 is 22.6 Å². The maximum atomic E-state index is 12.4. The Morgan fingerprint density at radius 2 is 1.84 bits per heavy atom. The quantitative estimate of drug-likeness (QED) is 0.802. The molecule has 1 aliphatic carbocycles. The van der Waals surface area contributed by atoms with Crippen LogP contribution in [0.5, 0.6) is 0 Å². The maximum Gasteiger partial charge on any atom is 0.326 e. The smallest absolute Gasteiger partial charge is 0.326 e. The molecule has 2 aromatic rings. The second kappa shape index (κ2) is 7.04. The highest BCUT2D eigenvalue weighted by atomic mass is 16.2. The molecular weight excluding hydrogens is 316 g/mol. The van der Waals surface area contributed by atoms with Crippen molar-refractivity contribution in [2.24, 2.45) is 5.92 Å². The second-order valence-corrected chi connectivity index (χ2v) is 7.34. The number of amides is 1. The van der Waals surface area contributed by atoms with E-state index in [2.05, 4.69) is 15.6 Å². The first-order valence-electron chi connectivity index (χ1n) is 9.48. The third-order valence-electron chi connectivity index (χ3n) is 5.63. The second-order valence-electron chi connectivity index (χ2n) is 7.34. The van der Waals surface area contributed by atoms with E-state index < -0.39 is 0 Å². The van der Waals surface area contributed by atoms with Crippen molar-refractivity contribution in [2.75, 3.05) is 18.4 Å². The Balaban J connectivity index is 1.56. The van der Waals surface area contributed by atoms with Crippen LogP contribution in [0, 0.1) is 5.92 Å². The number of H-pyrrole nitrogens is 1. The molecule has 1 saturated heterocycles. The molecular formula is C19H26N4O2. The molecule has 25 heavy (non-hydrogen) atoms. The number of imidazole rings is 1. The lowest BCUT2D eigenvalue weighted by Crippen LogP contribution is -2.33. The molecule has 0 radical (unpaired) electrons. The zero-order valence-corrected chi connectivity index (χ0v) is 14.5. The van der Waals surface area contributed by atoms with Crippen LogP contribution in [0.2, 0.25) is 0 Å². The maximum absolute atomic E-state index is 12.4. The molecule has 0 bridgehead atoms. The van der Waals surface area contributed by atoms with Gasteiger partial charge >= 0.3 is 5.69 Å². The van der Waals surface area contributed by atoms with Crippen molar-refractivity contribution < 1.29 is 4.79 Å². The van der Waals surface area contributed by atoms with Crippen molar-refractivity contribution in [3.63, 3.8) is 0 Å². The van der Waals surface area contributed by atoms with Crippen LogP contribution in [0.4, 0.5) is 5.69 Å². The average Bonchev–Trinajstić information content (AvgIpc) is 2.98.